The minimum atomic E-state index is -4.61. The van der Waals surface area contributed by atoms with E-state index in [0.29, 0.717) is 18.8 Å². The number of phosphoric ester groups is 1. The van der Waals surface area contributed by atoms with Crippen molar-refractivity contribution in [1.82, 2.24) is 4.90 Å². The number of ether oxygens (including phenoxy) is 2. The second kappa shape index (κ2) is 18.0. The van der Waals surface area contributed by atoms with E-state index in [9.17, 15) is 9.36 Å². The molecule has 2 N–H and O–H groups in total. The summed E-state index contributed by atoms with van der Waals surface area (Å²) in [5.41, 5.74) is 1.85. The van der Waals surface area contributed by atoms with Crippen LogP contribution in [0.5, 0.6) is 11.5 Å². The predicted octanol–water partition coefficient (Wildman–Crippen LogP) is 6.29. The number of methoxy groups -OCH3 is 1. The summed E-state index contributed by atoms with van der Waals surface area (Å²) in [4.78, 5) is 32.6. The molecule has 2 aromatic rings. The lowest BCUT2D eigenvalue weighted by Gasteiger charge is -2.23. The van der Waals surface area contributed by atoms with Gasteiger partial charge in [-0.1, -0.05) is 76.1 Å². The Morgan fingerprint density at radius 2 is 1.50 bits per heavy atom. The van der Waals surface area contributed by atoms with Crippen LogP contribution in [0.15, 0.2) is 48.5 Å². The lowest BCUT2D eigenvalue weighted by atomic mass is 10.1. The first-order chi connectivity index (χ1) is 18.3. The number of hydrogen-bond acceptors (Lipinski definition) is 5. The number of benzene rings is 2. The van der Waals surface area contributed by atoms with E-state index in [0.717, 1.165) is 23.3 Å². The van der Waals surface area contributed by atoms with Crippen LogP contribution in [0.25, 0.3) is 0 Å². The topological polar surface area (TPSA) is 106 Å². The highest BCUT2D eigenvalue weighted by molar-refractivity contribution is 7.46. The molecule has 0 bridgehead atoms. The molecule has 0 unspecified atom stereocenters. The molecule has 2 rings (SSSR count). The Bertz CT molecular complexity index is 994. The minimum Gasteiger partial charge on any atom is -0.497 e. The molecule has 38 heavy (non-hydrogen) atoms. The number of carbonyl (C=O) groups excluding carboxylic acids is 1. The Balaban J connectivity index is 1.84. The molecule has 0 radical (unpaired) electrons. The van der Waals surface area contributed by atoms with Gasteiger partial charge in [-0.3, -0.25) is 9.32 Å². The van der Waals surface area contributed by atoms with Crippen LogP contribution in [0.3, 0.4) is 0 Å². The number of rotatable bonds is 20. The average Bonchev–Trinajstić information content (AvgIpc) is 2.90. The van der Waals surface area contributed by atoms with Crippen LogP contribution >= 0.6 is 7.82 Å². The fourth-order valence-electron chi connectivity index (χ4n) is 4.18. The molecule has 0 saturated carbocycles. The van der Waals surface area contributed by atoms with Gasteiger partial charge in [0, 0.05) is 19.5 Å². The molecule has 0 heterocycles. The Kier molecular flexibility index (Phi) is 15.1. The maximum atomic E-state index is 13.1. The van der Waals surface area contributed by atoms with Crippen LogP contribution in [-0.2, 0) is 26.8 Å². The Hall–Kier alpha value is -2.38. The quantitative estimate of drug-likeness (QED) is 0.148. The van der Waals surface area contributed by atoms with E-state index in [1.807, 2.05) is 48.5 Å². The van der Waals surface area contributed by atoms with E-state index in [4.69, 9.17) is 19.3 Å². The van der Waals surface area contributed by atoms with Gasteiger partial charge < -0.3 is 24.2 Å². The SMILES string of the molecule is CCCCCCCCCCOc1cccc(CCC(=O)N(CCOP(=O)(O)O)Cc2cccc(OC)c2)c1. The van der Waals surface area contributed by atoms with Crippen molar-refractivity contribution in [1.29, 1.82) is 0 Å². The molecule has 0 saturated heterocycles. The van der Waals surface area contributed by atoms with Gasteiger partial charge in [0.2, 0.25) is 5.91 Å². The first-order valence-corrected chi connectivity index (χ1v) is 15.2. The van der Waals surface area contributed by atoms with Gasteiger partial charge in [0.25, 0.3) is 0 Å². The van der Waals surface area contributed by atoms with Gasteiger partial charge in [-0.25, -0.2) is 4.57 Å². The van der Waals surface area contributed by atoms with E-state index in [1.165, 1.54) is 44.9 Å². The first kappa shape index (κ1) is 31.8. The van der Waals surface area contributed by atoms with Gasteiger partial charge >= 0.3 is 7.82 Å². The molecule has 0 aliphatic heterocycles. The lowest BCUT2D eigenvalue weighted by Crippen LogP contribution is -2.33. The highest BCUT2D eigenvalue weighted by Crippen LogP contribution is 2.35. The van der Waals surface area contributed by atoms with Gasteiger partial charge in [0.1, 0.15) is 11.5 Å². The van der Waals surface area contributed by atoms with Crippen molar-refractivity contribution in [3.63, 3.8) is 0 Å². The smallest absolute Gasteiger partial charge is 0.469 e. The standard InChI is InChI=1S/C29H44NO7P/c1-3-4-5-6-7-8-9-10-20-36-28-16-11-13-25(22-28)17-18-29(31)30(19-21-37-38(32,33)34)24-26-14-12-15-27(23-26)35-2/h11-16,22-23H,3-10,17-21,24H2,1-2H3,(H2,32,33,34). The zero-order valence-electron chi connectivity index (χ0n) is 22.8. The van der Waals surface area contributed by atoms with Gasteiger partial charge in [-0.15, -0.1) is 0 Å². The van der Waals surface area contributed by atoms with Crippen LogP contribution in [-0.4, -0.2) is 47.5 Å². The molecule has 0 fully saturated rings. The second-order valence-electron chi connectivity index (χ2n) is 9.46. The fourth-order valence-corrected chi connectivity index (χ4v) is 4.50. The molecule has 212 valence electrons. The molecular formula is C29H44NO7P. The maximum absolute atomic E-state index is 13.1. The van der Waals surface area contributed by atoms with Crippen molar-refractivity contribution in [2.45, 2.75) is 77.7 Å². The van der Waals surface area contributed by atoms with Crippen molar-refractivity contribution >= 4 is 13.7 Å². The largest absolute Gasteiger partial charge is 0.497 e. The van der Waals surface area contributed by atoms with Crippen LogP contribution < -0.4 is 9.47 Å². The van der Waals surface area contributed by atoms with Crippen LogP contribution in [0.1, 0.15) is 75.8 Å². The van der Waals surface area contributed by atoms with Crippen molar-refractivity contribution < 1.29 is 33.1 Å². The molecule has 9 heteroatoms. The van der Waals surface area contributed by atoms with Crippen molar-refractivity contribution in [3.05, 3.63) is 59.7 Å². The third-order valence-corrected chi connectivity index (χ3v) is 6.79. The predicted molar refractivity (Wildman–Crippen MR) is 149 cm³/mol. The average molecular weight is 550 g/mol. The first-order valence-electron chi connectivity index (χ1n) is 13.6. The summed E-state index contributed by atoms with van der Waals surface area (Å²) in [5, 5.41) is 0. The van der Waals surface area contributed by atoms with Gasteiger partial charge in [0.15, 0.2) is 0 Å². The molecule has 0 aliphatic carbocycles. The Morgan fingerprint density at radius 1 is 0.868 bits per heavy atom. The summed E-state index contributed by atoms with van der Waals surface area (Å²) in [6.45, 7) is 3.00. The Morgan fingerprint density at radius 3 is 2.18 bits per heavy atom. The van der Waals surface area contributed by atoms with Gasteiger partial charge in [-0.05, 0) is 48.2 Å². The summed E-state index contributed by atoms with van der Waals surface area (Å²) in [6.07, 6.45) is 10.8. The molecule has 8 nitrogen and oxygen atoms in total. The fraction of sp³-hybridized carbons (Fsp3) is 0.552. The lowest BCUT2D eigenvalue weighted by molar-refractivity contribution is -0.132. The molecule has 0 spiro atoms. The molecule has 0 aliphatic rings. The summed E-state index contributed by atoms with van der Waals surface area (Å²) in [7, 11) is -3.04. The number of aryl methyl sites for hydroxylation is 1. The highest BCUT2D eigenvalue weighted by atomic mass is 31.2. The number of hydrogen-bond donors (Lipinski definition) is 2. The van der Waals surface area contributed by atoms with E-state index < -0.39 is 7.82 Å². The molecule has 0 aromatic heterocycles. The summed E-state index contributed by atoms with van der Waals surface area (Å²) < 4.78 is 26.9. The summed E-state index contributed by atoms with van der Waals surface area (Å²) in [6, 6.07) is 15.2. The van der Waals surface area contributed by atoms with Crippen LogP contribution in [0, 0.1) is 0 Å². The van der Waals surface area contributed by atoms with E-state index in [2.05, 4.69) is 11.4 Å². The Labute approximate surface area is 227 Å². The van der Waals surface area contributed by atoms with Crippen molar-refractivity contribution in [3.8, 4) is 11.5 Å². The number of phosphoric acid groups is 1. The van der Waals surface area contributed by atoms with E-state index in [-0.39, 0.29) is 32.0 Å². The summed E-state index contributed by atoms with van der Waals surface area (Å²) >= 11 is 0. The third-order valence-electron chi connectivity index (χ3n) is 6.27. The second-order valence-corrected chi connectivity index (χ2v) is 10.7. The number of carbonyl (C=O) groups is 1. The number of unbranched alkanes of at least 4 members (excludes halogenated alkanes) is 7. The van der Waals surface area contributed by atoms with Crippen LogP contribution in [0.4, 0.5) is 0 Å². The minimum absolute atomic E-state index is 0.0584. The molecule has 1 amide bonds. The normalized spacial score (nSPS) is 11.4. The monoisotopic (exact) mass is 549 g/mol. The molecular weight excluding hydrogens is 505 g/mol. The third kappa shape index (κ3) is 14.0. The van der Waals surface area contributed by atoms with Crippen LogP contribution in [0.2, 0.25) is 0 Å². The number of nitrogens with zero attached hydrogens (tertiary/aromatic N) is 1. The highest BCUT2D eigenvalue weighted by Gasteiger charge is 2.18. The zero-order chi connectivity index (χ0) is 27.6. The van der Waals surface area contributed by atoms with Gasteiger partial charge in [-0.2, -0.15) is 0 Å². The van der Waals surface area contributed by atoms with E-state index in [1.54, 1.807) is 12.0 Å². The van der Waals surface area contributed by atoms with Gasteiger partial charge in [0.05, 0.1) is 20.3 Å². The van der Waals surface area contributed by atoms with Crippen molar-refractivity contribution in [2.75, 3.05) is 26.9 Å². The summed E-state index contributed by atoms with van der Waals surface area (Å²) in [5.74, 6) is 1.35. The zero-order valence-corrected chi connectivity index (χ0v) is 23.7. The molecule has 2 aromatic carbocycles. The van der Waals surface area contributed by atoms with Crippen molar-refractivity contribution in [2.24, 2.45) is 0 Å². The molecule has 0 atom stereocenters. The number of amides is 1. The van der Waals surface area contributed by atoms with E-state index >= 15 is 0 Å². The maximum Gasteiger partial charge on any atom is 0.469 e.